The van der Waals surface area contributed by atoms with Crippen molar-refractivity contribution in [3.05, 3.63) is 35.5 Å². The number of oxazole rings is 1. The summed E-state index contributed by atoms with van der Waals surface area (Å²) in [5, 5.41) is 3.77. The molecule has 5 nitrogen and oxygen atoms in total. The number of carbonyl (C=O) groups is 1. The summed E-state index contributed by atoms with van der Waals surface area (Å²) in [6, 6.07) is 7.34. The molecule has 2 atom stereocenters. The van der Waals surface area contributed by atoms with Crippen LogP contribution in [-0.2, 0) is 9.53 Å². The van der Waals surface area contributed by atoms with Gasteiger partial charge in [-0.2, -0.15) is 0 Å². The number of hydrogen-bond donors (Lipinski definition) is 1. The Bertz CT molecular complexity index is 683. The van der Waals surface area contributed by atoms with Crippen LogP contribution >= 0.6 is 23.4 Å². The summed E-state index contributed by atoms with van der Waals surface area (Å²) >= 11 is 7.18. The van der Waals surface area contributed by atoms with Crippen molar-refractivity contribution in [3.63, 3.8) is 0 Å². The molecule has 0 aliphatic carbocycles. The molecule has 0 unspecified atom stereocenters. The maximum atomic E-state index is 12.1. The molecule has 1 N–H and O–H groups in total. The summed E-state index contributed by atoms with van der Waals surface area (Å²) in [5.41, 5.74) is 0.897. The number of aromatic nitrogens is 1. The first-order valence-corrected chi connectivity index (χ1v) is 9.15. The minimum Gasteiger partial charge on any atom is -0.431 e. The highest BCUT2D eigenvalue weighted by Crippen LogP contribution is 2.28. The van der Waals surface area contributed by atoms with Gasteiger partial charge in [-0.05, 0) is 44.0 Å². The normalized spacial score (nSPS) is 18.5. The van der Waals surface area contributed by atoms with Crippen molar-refractivity contribution in [2.45, 2.75) is 36.3 Å². The van der Waals surface area contributed by atoms with Gasteiger partial charge in [-0.1, -0.05) is 23.4 Å². The van der Waals surface area contributed by atoms with E-state index in [-0.39, 0.29) is 17.3 Å². The lowest BCUT2D eigenvalue weighted by Gasteiger charge is -2.13. The number of benzene rings is 1. The van der Waals surface area contributed by atoms with Gasteiger partial charge in [0, 0.05) is 23.7 Å². The van der Waals surface area contributed by atoms with Crippen LogP contribution in [0.1, 0.15) is 19.8 Å². The summed E-state index contributed by atoms with van der Waals surface area (Å²) in [4.78, 5) is 16.4. The highest BCUT2D eigenvalue weighted by Gasteiger charge is 2.21. The number of ether oxygens (including phenoxy) is 1. The van der Waals surface area contributed by atoms with Gasteiger partial charge in [0.1, 0.15) is 0 Å². The first-order chi connectivity index (χ1) is 11.6. The monoisotopic (exact) mass is 366 g/mol. The van der Waals surface area contributed by atoms with E-state index in [1.807, 2.05) is 19.1 Å². The van der Waals surface area contributed by atoms with Gasteiger partial charge >= 0.3 is 0 Å². The zero-order chi connectivity index (χ0) is 16.9. The van der Waals surface area contributed by atoms with E-state index < -0.39 is 0 Å². The quantitative estimate of drug-likeness (QED) is 0.788. The molecule has 0 radical (unpaired) electrons. The number of thioether (sulfide) groups is 1. The standard InChI is InChI=1S/C17H19ClN2O3S/c1-11(16(21)19-9-14-3-2-8-22-14)24-17-20-10-15(23-17)12-4-6-13(18)7-5-12/h4-7,10-11,14H,2-3,8-9H2,1H3,(H,19,21)/t11-,14+/m0/s1. The number of nitrogens with one attached hydrogen (secondary N) is 1. The summed E-state index contributed by atoms with van der Waals surface area (Å²) in [6.45, 7) is 3.18. The Hall–Kier alpha value is -1.50. The predicted octanol–water partition coefficient (Wildman–Crippen LogP) is 3.77. The first-order valence-electron chi connectivity index (χ1n) is 7.89. The SMILES string of the molecule is C[C@H](Sc1ncc(-c2ccc(Cl)cc2)o1)C(=O)NC[C@H]1CCCO1. The average molecular weight is 367 g/mol. The van der Waals surface area contributed by atoms with Crippen LogP contribution in [0.15, 0.2) is 40.1 Å². The van der Waals surface area contributed by atoms with Gasteiger partial charge in [0.15, 0.2) is 5.76 Å². The number of carbonyl (C=O) groups excluding carboxylic acids is 1. The molecule has 0 saturated carbocycles. The van der Waals surface area contributed by atoms with Crippen LogP contribution in [0.3, 0.4) is 0 Å². The molecule has 128 valence electrons. The second-order valence-electron chi connectivity index (χ2n) is 5.64. The lowest BCUT2D eigenvalue weighted by molar-refractivity contribution is -0.120. The molecule has 0 spiro atoms. The maximum Gasteiger partial charge on any atom is 0.256 e. The number of rotatable bonds is 6. The van der Waals surface area contributed by atoms with E-state index in [1.165, 1.54) is 11.8 Å². The minimum atomic E-state index is -0.289. The third-order valence-electron chi connectivity index (χ3n) is 3.79. The Kier molecular flexibility index (Phi) is 5.81. The topological polar surface area (TPSA) is 64.4 Å². The molecule has 1 aliphatic heterocycles. The van der Waals surface area contributed by atoms with Gasteiger partial charge < -0.3 is 14.5 Å². The van der Waals surface area contributed by atoms with E-state index in [4.69, 9.17) is 20.8 Å². The third-order valence-corrected chi connectivity index (χ3v) is 5.00. The van der Waals surface area contributed by atoms with Crippen molar-refractivity contribution in [2.75, 3.05) is 13.2 Å². The molecule has 1 aromatic carbocycles. The van der Waals surface area contributed by atoms with E-state index >= 15 is 0 Å². The molecule has 1 amide bonds. The summed E-state index contributed by atoms with van der Waals surface area (Å²) in [5.74, 6) is 0.614. The highest BCUT2D eigenvalue weighted by molar-refractivity contribution is 8.00. The molecule has 2 heterocycles. The van der Waals surface area contributed by atoms with Gasteiger partial charge in [0.2, 0.25) is 5.91 Å². The fourth-order valence-electron chi connectivity index (χ4n) is 2.43. The van der Waals surface area contributed by atoms with Crippen molar-refractivity contribution >= 4 is 29.3 Å². The Labute approximate surface area is 150 Å². The molecule has 7 heteroatoms. The van der Waals surface area contributed by atoms with Crippen molar-refractivity contribution < 1.29 is 13.9 Å². The molecule has 1 saturated heterocycles. The van der Waals surface area contributed by atoms with E-state index in [0.717, 1.165) is 25.0 Å². The zero-order valence-electron chi connectivity index (χ0n) is 13.3. The highest BCUT2D eigenvalue weighted by atomic mass is 35.5. The Morgan fingerprint density at radius 3 is 2.96 bits per heavy atom. The largest absolute Gasteiger partial charge is 0.431 e. The lowest BCUT2D eigenvalue weighted by Crippen LogP contribution is -2.36. The van der Waals surface area contributed by atoms with Crippen LogP contribution in [0.4, 0.5) is 0 Å². The Morgan fingerprint density at radius 1 is 1.46 bits per heavy atom. The van der Waals surface area contributed by atoms with Crippen LogP contribution in [0.25, 0.3) is 11.3 Å². The van der Waals surface area contributed by atoms with Gasteiger partial charge in [0.05, 0.1) is 17.6 Å². The van der Waals surface area contributed by atoms with Gasteiger partial charge in [-0.25, -0.2) is 4.98 Å². The summed E-state index contributed by atoms with van der Waals surface area (Å²) < 4.78 is 11.2. The lowest BCUT2D eigenvalue weighted by atomic mass is 10.2. The van der Waals surface area contributed by atoms with Crippen molar-refractivity contribution in [1.82, 2.24) is 10.3 Å². The number of hydrogen-bond acceptors (Lipinski definition) is 5. The van der Waals surface area contributed by atoms with Crippen LogP contribution in [0, 0.1) is 0 Å². The predicted molar refractivity (Wildman–Crippen MR) is 94.3 cm³/mol. The van der Waals surface area contributed by atoms with Crippen LogP contribution in [-0.4, -0.2) is 35.4 Å². The first kappa shape index (κ1) is 17.3. The molecule has 3 rings (SSSR count). The van der Waals surface area contributed by atoms with E-state index in [1.54, 1.807) is 18.3 Å². The summed E-state index contributed by atoms with van der Waals surface area (Å²) in [7, 11) is 0. The zero-order valence-corrected chi connectivity index (χ0v) is 14.9. The molecular weight excluding hydrogens is 348 g/mol. The Morgan fingerprint density at radius 2 is 2.25 bits per heavy atom. The average Bonchev–Trinajstić information content (AvgIpc) is 3.25. The number of amides is 1. The molecule has 0 bridgehead atoms. The van der Waals surface area contributed by atoms with Gasteiger partial charge in [0.25, 0.3) is 5.22 Å². The van der Waals surface area contributed by atoms with E-state index in [9.17, 15) is 4.79 Å². The molecule has 1 aliphatic rings. The van der Waals surface area contributed by atoms with Gasteiger partial charge in [-0.3, -0.25) is 4.79 Å². The second-order valence-corrected chi connectivity index (χ2v) is 7.37. The van der Waals surface area contributed by atoms with Crippen molar-refractivity contribution in [3.8, 4) is 11.3 Å². The maximum absolute atomic E-state index is 12.1. The molecular formula is C17H19ClN2O3S. The molecule has 2 aromatic rings. The van der Waals surface area contributed by atoms with Crippen molar-refractivity contribution in [2.24, 2.45) is 0 Å². The Balaban J connectivity index is 1.53. The van der Waals surface area contributed by atoms with Crippen LogP contribution in [0.2, 0.25) is 5.02 Å². The molecule has 1 aromatic heterocycles. The number of nitrogens with zero attached hydrogens (tertiary/aromatic N) is 1. The van der Waals surface area contributed by atoms with Crippen LogP contribution in [0.5, 0.6) is 0 Å². The van der Waals surface area contributed by atoms with E-state index in [0.29, 0.717) is 22.6 Å². The minimum absolute atomic E-state index is 0.0401. The molecule has 1 fully saturated rings. The van der Waals surface area contributed by atoms with Crippen LogP contribution < -0.4 is 5.32 Å². The third kappa shape index (κ3) is 4.53. The van der Waals surface area contributed by atoms with Gasteiger partial charge in [-0.15, -0.1) is 0 Å². The number of halogens is 1. The molecule has 24 heavy (non-hydrogen) atoms. The fourth-order valence-corrected chi connectivity index (χ4v) is 3.30. The fraction of sp³-hybridized carbons (Fsp3) is 0.412. The smallest absolute Gasteiger partial charge is 0.256 e. The van der Waals surface area contributed by atoms with E-state index in [2.05, 4.69) is 10.3 Å². The summed E-state index contributed by atoms with van der Waals surface area (Å²) in [6.07, 6.45) is 3.87. The second kappa shape index (κ2) is 8.05. The van der Waals surface area contributed by atoms with Crippen molar-refractivity contribution in [1.29, 1.82) is 0 Å².